The number of hydrogen-bond acceptors (Lipinski definition) is 27. The third-order valence-corrected chi connectivity index (χ3v) is 23.5. The lowest BCUT2D eigenvalue weighted by Gasteiger charge is -2.30. The van der Waals surface area contributed by atoms with Crippen molar-refractivity contribution in [1.82, 2.24) is 100 Å². The molecule has 5 rings (SSSR count). The number of benzene rings is 4. The van der Waals surface area contributed by atoms with Crippen molar-refractivity contribution in [2.45, 2.75) is 263 Å². The second-order valence-electron chi connectivity index (χ2n) is 37.3. The number of aromatic nitrogens is 1. The SMILES string of the molecule is CC[C@H](C)[C@H](NC(=O)[C@H](Cc1ccccc1)NC(=O)[C@H](CCC(=O)O)NC(=O)[C@H](C)NC(=O)[C@H](C)NC(=O)[C@H](CCC(N)=O)NC(=O)CNC(=O)[C@H](CCC(=O)O)NC(=O)[C@H](CC(C)C)NC(=O)[C@H](Cc1ccc(O)cc1)NC(=O)[C@@H](N)CO)C(=O)N[C@@H](C)C(=O)N[C@@H](Cc1c[nH]c2ccccc12)C(=O)N[C@@H](CC(C)C)C(=O)N[C@H](C(=O)N(CC(=O)N[C@@H](CCCNC(=N)N)C(=O)NCC(=O)O)C(=O)OCc1ccccc1)C(C)C. The lowest BCUT2D eigenvalue weighted by Crippen LogP contribution is -2.61. The number of H-pyrrole nitrogens is 1. The second-order valence-corrected chi connectivity index (χ2v) is 37.3. The van der Waals surface area contributed by atoms with Crippen LogP contribution < -0.4 is 108 Å². The van der Waals surface area contributed by atoms with Crippen LogP contribution in [-0.2, 0) is 131 Å². The van der Waals surface area contributed by atoms with Crippen molar-refractivity contribution in [2.24, 2.45) is 40.9 Å². The van der Waals surface area contributed by atoms with Gasteiger partial charge in [-0.25, -0.2) is 9.69 Å². The van der Waals surface area contributed by atoms with Gasteiger partial charge in [0.1, 0.15) is 116 Å². The number of aliphatic hydroxyl groups is 1. The van der Waals surface area contributed by atoms with Crippen LogP contribution in [0.25, 0.3) is 10.9 Å². The average Bonchev–Trinajstić information content (AvgIpc) is 1.56. The molecule has 1 aromatic heterocycles. The van der Waals surface area contributed by atoms with E-state index in [0.29, 0.717) is 38.1 Å². The molecule has 19 amide bonds. The van der Waals surface area contributed by atoms with E-state index in [1.54, 1.807) is 133 Å². The first-order valence-corrected chi connectivity index (χ1v) is 48.8. The van der Waals surface area contributed by atoms with E-state index >= 15 is 4.79 Å². The van der Waals surface area contributed by atoms with Gasteiger partial charge < -0.3 is 143 Å². The van der Waals surface area contributed by atoms with Gasteiger partial charge in [0.15, 0.2) is 5.96 Å². The summed E-state index contributed by atoms with van der Waals surface area (Å²) in [5.41, 5.74) is 19.0. The van der Waals surface area contributed by atoms with Gasteiger partial charge in [-0.1, -0.05) is 153 Å². The highest BCUT2D eigenvalue weighted by atomic mass is 16.6. The summed E-state index contributed by atoms with van der Waals surface area (Å²) in [5.74, 6) is -25.9. The molecule has 4 aromatic carbocycles. The van der Waals surface area contributed by atoms with Crippen LogP contribution in [-0.4, -0.2) is 295 Å². The van der Waals surface area contributed by atoms with E-state index in [2.05, 4.69) is 95.4 Å². The number of carbonyl (C=O) groups is 22. The molecule has 1 heterocycles. The van der Waals surface area contributed by atoms with Crippen LogP contribution in [0.5, 0.6) is 5.75 Å². The Kier molecular flexibility index (Phi) is 51.9. The normalized spacial score (nSPS) is 14.3. The molecule has 0 bridgehead atoms. The van der Waals surface area contributed by atoms with Crippen molar-refractivity contribution in [2.75, 3.05) is 32.8 Å². The minimum atomic E-state index is -1.80. The van der Waals surface area contributed by atoms with Gasteiger partial charge in [-0.05, 0) is 130 Å². The number of fused-ring (bicyclic) bond motifs is 1. The quantitative estimate of drug-likeness (QED) is 0.0102. The van der Waals surface area contributed by atoms with Gasteiger partial charge in [-0.3, -0.25) is 106 Å². The number of nitrogens with one attached hydrogen (secondary N) is 19. The summed E-state index contributed by atoms with van der Waals surface area (Å²) >= 11 is 0. The summed E-state index contributed by atoms with van der Waals surface area (Å²) in [5, 5.41) is 98.2. The van der Waals surface area contributed by atoms with Crippen molar-refractivity contribution in [3.05, 3.63) is 138 Å². The van der Waals surface area contributed by atoms with E-state index in [0.717, 1.165) is 13.8 Å². The van der Waals surface area contributed by atoms with E-state index in [1.807, 2.05) is 0 Å². The highest BCUT2D eigenvalue weighted by Crippen LogP contribution is 2.23. The van der Waals surface area contributed by atoms with Crippen LogP contribution in [0.1, 0.15) is 169 Å². The van der Waals surface area contributed by atoms with Gasteiger partial charge in [0.2, 0.25) is 100 Å². The first-order valence-electron chi connectivity index (χ1n) is 48.8. The van der Waals surface area contributed by atoms with Crippen molar-refractivity contribution in [3.8, 4) is 5.75 Å². The topological polar surface area (TPSA) is 811 Å². The summed E-state index contributed by atoms with van der Waals surface area (Å²) in [4.78, 5) is 307. The number of phenols is 1. The minimum Gasteiger partial charge on any atom is -0.508 e. The lowest BCUT2D eigenvalue weighted by atomic mass is 9.96. The predicted molar refractivity (Wildman–Crippen MR) is 540 cm³/mol. The van der Waals surface area contributed by atoms with E-state index in [9.17, 15) is 126 Å². The number of primary amides is 1. The highest BCUT2D eigenvalue weighted by molar-refractivity contribution is 6.04. The smallest absolute Gasteiger partial charge is 0.417 e. The zero-order chi connectivity index (χ0) is 112. The number of para-hydroxylation sites is 1. The number of aliphatic carboxylic acids is 3. The molecular formula is C99H141N23O28. The number of phenolic OH excluding ortho intramolecular Hbond substituents is 1. The first kappa shape index (κ1) is 124. The second kappa shape index (κ2) is 62.7. The maximum absolute atomic E-state index is 15.1. The Bertz CT molecular complexity index is 5520. The minimum absolute atomic E-state index is 0.0391. The first-order chi connectivity index (χ1) is 70.8. The van der Waals surface area contributed by atoms with Gasteiger partial charge in [0.05, 0.1) is 13.2 Å². The number of nitrogens with zero attached hydrogens (tertiary/aromatic N) is 1. The fourth-order valence-corrected chi connectivity index (χ4v) is 15.0. The Morgan fingerprint density at radius 1 is 0.407 bits per heavy atom. The molecule has 0 saturated heterocycles. The van der Waals surface area contributed by atoms with Crippen LogP contribution in [0.4, 0.5) is 4.79 Å². The number of carbonyl (C=O) groups excluding carboxylic acids is 19. The van der Waals surface area contributed by atoms with Crippen molar-refractivity contribution in [3.63, 3.8) is 0 Å². The third-order valence-electron chi connectivity index (χ3n) is 23.5. The number of ether oxygens (including phenoxy) is 1. The number of carboxylic acid groups (broad SMARTS) is 3. The number of nitrogens with two attached hydrogens (primary N) is 3. The fraction of sp³-hybridized carbons (Fsp3) is 0.505. The Morgan fingerprint density at radius 3 is 1.33 bits per heavy atom. The van der Waals surface area contributed by atoms with Crippen molar-refractivity contribution >= 4 is 147 Å². The molecular weight excluding hydrogens is 1960 g/mol. The molecule has 16 atom stereocenters. The molecule has 51 nitrogen and oxygen atoms in total. The molecule has 51 heteroatoms. The number of guanidine groups is 1. The molecule has 0 saturated carbocycles. The summed E-state index contributed by atoms with van der Waals surface area (Å²) < 4.78 is 5.54. The number of imide groups is 1. The van der Waals surface area contributed by atoms with Gasteiger partial charge >= 0.3 is 24.0 Å². The number of rotatable bonds is 64. The fourth-order valence-electron chi connectivity index (χ4n) is 15.0. The summed E-state index contributed by atoms with van der Waals surface area (Å²) in [6.07, 6.45) is -4.46. The monoisotopic (exact) mass is 2100 g/mol. The van der Waals surface area contributed by atoms with Crippen LogP contribution in [0.15, 0.2) is 115 Å². The summed E-state index contributed by atoms with van der Waals surface area (Å²) in [6, 6.07) is 5.03. The van der Waals surface area contributed by atoms with Crippen molar-refractivity contribution in [1.29, 1.82) is 5.41 Å². The van der Waals surface area contributed by atoms with E-state index in [4.69, 9.17) is 27.3 Å². The summed E-state index contributed by atoms with van der Waals surface area (Å²) in [7, 11) is 0. The highest BCUT2D eigenvalue weighted by Gasteiger charge is 2.42. The number of aliphatic hydroxyl groups excluding tert-OH is 1. The zero-order valence-electron chi connectivity index (χ0n) is 85.4. The van der Waals surface area contributed by atoms with Crippen LogP contribution in [0.3, 0.4) is 0 Å². The number of hydrogen-bond donors (Lipinski definition) is 27. The Balaban J connectivity index is 1.33. The Hall–Kier alpha value is -16.2. The van der Waals surface area contributed by atoms with Gasteiger partial charge in [-0.15, -0.1) is 0 Å². The Morgan fingerprint density at radius 2 is 0.813 bits per heavy atom. The molecule has 820 valence electrons. The van der Waals surface area contributed by atoms with Gasteiger partial charge in [0.25, 0.3) is 5.91 Å². The van der Waals surface area contributed by atoms with Crippen LogP contribution in [0, 0.1) is 29.1 Å². The third kappa shape index (κ3) is 43.8. The van der Waals surface area contributed by atoms with E-state index in [-0.39, 0.29) is 75.5 Å². The molecule has 150 heavy (non-hydrogen) atoms. The average molecular weight is 2100 g/mol. The molecule has 0 unspecified atom stereocenters. The molecule has 5 aromatic rings. The van der Waals surface area contributed by atoms with E-state index < -0.39 is 310 Å². The number of aromatic hydroxyl groups is 1. The van der Waals surface area contributed by atoms with Crippen LogP contribution in [0.2, 0.25) is 0 Å². The lowest BCUT2D eigenvalue weighted by molar-refractivity contribution is -0.141. The molecule has 0 spiro atoms. The van der Waals surface area contributed by atoms with Gasteiger partial charge in [-0.2, -0.15) is 0 Å². The number of amides is 19. The molecule has 0 aliphatic rings. The maximum atomic E-state index is 15.1. The standard InChI is InChI=1S/C99H141N23O28/c1-12-54(8)82(96(147)110-57(11)85(136)115-74(44-61-45-105-65-27-20-19-26-63(61)65)93(144)118-71(41-52(4)5)94(145)120-81(53(6)7)97(148)122(99(149)150-50-60-24-17-14-18-25-60)48-77(127)112-66(28-21-39-104-98(102)103)87(138)107-47-80(132)133)121-95(146)73(42-58-22-15-13-16-23-58)119-90(141)69(35-38-79(130)131)113-84(135)56(10)108-83(134)55(9)109-89(140)68(33-36-75(101)125)111-76(126)46-106-88(139)67(34-37-78(128)129)114-91(142)70(40-51(2)3)117-92(143)72(116-86(137)64(100)49-123)43-59-29-31-62(124)32-30-59/h13-20,22-27,29-32,45,51-57,64,66-74,81-82,105,123-124H,12,21,28,33-44,46-50,100H2,1-11H3,(H2,101,125)(H,106,139)(H,107,138)(H,108,134)(H,109,140)(H,110,147)(H,111,126)(H,112,127)(H,113,135)(H,114,142)(H,115,136)(H,116,137)(H,117,143)(H,118,144)(H,119,141)(H,120,145)(H,121,146)(H,128,129)(H,130,131)(H,132,133)(H4,102,103,104)/t54-,55-,56-,57-,64-,66-,67-,68-,69-,70-,71-,72-,73-,74-,81-,82-/m0/s1. The van der Waals surface area contributed by atoms with Crippen molar-refractivity contribution < 1.29 is 136 Å². The summed E-state index contributed by atoms with van der Waals surface area (Å²) in [6.45, 7) is 12.5. The zero-order valence-corrected chi connectivity index (χ0v) is 85.4. The molecule has 0 aliphatic carbocycles. The van der Waals surface area contributed by atoms with Gasteiger partial charge in [0, 0.05) is 62.2 Å². The van der Waals surface area contributed by atoms with Crippen LogP contribution >= 0.6 is 0 Å². The number of aromatic amines is 1. The number of carboxylic acids is 3. The molecule has 0 fully saturated rings. The molecule has 30 N–H and O–H groups in total. The Labute approximate surface area is 865 Å². The molecule has 0 aliphatic heterocycles. The molecule has 0 radical (unpaired) electrons. The maximum Gasteiger partial charge on any atom is 0.417 e. The predicted octanol–water partition coefficient (Wildman–Crippen LogP) is -3.40. The van der Waals surface area contributed by atoms with E-state index in [1.165, 1.54) is 45.0 Å². The largest absolute Gasteiger partial charge is 0.508 e.